The molecule has 0 aliphatic carbocycles. The van der Waals surface area contributed by atoms with Crippen LogP contribution in [0.2, 0.25) is 0 Å². The molecule has 0 amide bonds. The number of rotatable bonds is 5. The van der Waals surface area contributed by atoms with Gasteiger partial charge in [0.15, 0.2) is 5.60 Å². The van der Waals surface area contributed by atoms with Crippen LogP contribution in [0.3, 0.4) is 0 Å². The molecule has 9 heteroatoms. The van der Waals surface area contributed by atoms with Crippen LogP contribution in [0, 0.1) is 11.4 Å². The quantitative estimate of drug-likeness (QED) is 0.255. The van der Waals surface area contributed by atoms with E-state index in [0.29, 0.717) is 6.92 Å². The molecular formula is C10H14F3N2O4+. The van der Waals surface area contributed by atoms with Gasteiger partial charge >= 0.3 is 17.9 Å². The van der Waals surface area contributed by atoms with Gasteiger partial charge in [-0.05, 0) is 13.8 Å². The van der Waals surface area contributed by atoms with E-state index in [-0.39, 0.29) is 6.61 Å². The molecule has 0 saturated heterocycles. The highest BCUT2D eigenvalue weighted by atomic mass is 19.4. The number of ketones is 1. The van der Waals surface area contributed by atoms with Crippen LogP contribution in [0.25, 0.3) is 0 Å². The molecule has 0 heterocycles. The number of esters is 1. The summed E-state index contributed by atoms with van der Waals surface area (Å²) < 4.78 is 42.1. The zero-order valence-corrected chi connectivity index (χ0v) is 10.5. The fraction of sp³-hybridized carbons (Fsp3) is 0.700. The van der Waals surface area contributed by atoms with Crippen molar-refractivity contribution < 1.29 is 37.4 Å². The second-order valence-corrected chi connectivity index (χ2v) is 3.91. The summed E-state index contributed by atoms with van der Waals surface area (Å²) in [6, 6.07) is 0. The molecule has 0 aromatic heterocycles. The summed E-state index contributed by atoms with van der Waals surface area (Å²) in [4.78, 5) is 25.5. The van der Waals surface area contributed by atoms with Crippen molar-refractivity contribution in [1.29, 1.82) is 5.53 Å². The summed E-state index contributed by atoms with van der Waals surface area (Å²) in [5.74, 6) is -4.70. The third kappa shape index (κ3) is 3.62. The van der Waals surface area contributed by atoms with E-state index in [4.69, 9.17) is 5.53 Å². The lowest BCUT2D eigenvalue weighted by Crippen LogP contribution is -2.52. The molecule has 0 aromatic rings. The van der Waals surface area contributed by atoms with Gasteiger partial charge < -0.3 is 9.84 Å². The van der Waals surface area contributed by atoms with Crippen LogP contribution < -0.4 is 0 Å². The van der Waals surface area contributed by atoms with Crippen molar-refractivity contribution in [3.8, 4) is 0 Å². The van der Waals surface area contributed by atoms with Crippen LogP contribution in [0.4, 0.5) is 13.2 Å². The van der Waals surface area contributed by atoms with Crippen molar-refractivity contribution in [3.05, 3.63) is 0 Å². The molecule has 108 valence electrons. The van der Waals surface area contributed by atoms with Crippen molar-refractivity contribution in [1.82, 2.24) is 0 Å². The Morgan fingerprint density at radius 2 is 1.89 bits per heavy atom. The smallest absolute Gasteiger partial charge is 0.457 e. The molecule has 0 aromatic carbocycles. The van der Waals surface area contributed by atoms with E-state index in [9.17, 15) is 27.9 Å². The molecule has 6 nitrogen and oxygen atoms in total. The highest BCUT2D eigenvalue weighted by Crippen LogP contribution is 2.36. The molecule has 2 atom stereocenters. The van der Waals surface area contributed by atoms with Crippen molar-refractivity contribution in [3.63, 3.8) is 0 Å². The van der Waals surface area contributed by atoms with E-state index in [1.54, 1.807) is 0 Å². The first-order valence-electron chi connectivity index (χ1n) is 5.25. The van der Waals surface area contributed by atoms with Crippen LogP contribution >= 0.6 is 0 Å². The maximum absolute atomic E-state index is 12.6. The van der Waals surface area contributed by atoms with Crippen LogP contribution in [0.1, 0.15) is 20.8 Å². The van der Waals surface area contributed by atoms with Crippen LogP contribution in [-0.2, 0) is 14.3 Å². The lowest BCUT2D eigenvalue weighted by Gasteiger charge is -2.30. The highest BCUT2D eigenvalue weighted by Gasteiger charge is 2.58. The molecule has 19 heavy (non-hydrogen) atoms. The summed E-state index contributed by atoms with van der Waals surface area (Å²) in [6.07, 6.45) is -5.07. The number of aliphatic hydroxyl groups is 1. The minimum atomic E-state index is -5.07. The molecule has 0 unspecified atom stereocenters. The second kappa shape index (κ2) is 5.94. The summed E-state index contributed by atoms with van der Waals surface area (Å²) in [7, 11) is 0. The Bertz CT molecular complexity index is 425. The topological polar surface area (TPSA) is 102 Å². The van der Waals surface area contributed by atoms with Crippen molar-refractivity contribution in [2.24, 2.45) is 5.92 Å². The Morgan fingerprint density at radius 1 is 1.42 bits per heavy atom. The second-order valence-electron chi connectivity index (χ2n) is 3.91. The number of nitrogens with one attached hydrogen (secondary N) is 1. The standard InChI is InChI=1S/C10H14F3N2O4/c1-4-19-8(17)6(15-14)7(16)5(2)9(3,18)10(11,12)13/h5,14,18H,4H2,1-3H3/q+1/t5-,9+/m0/s1. The van der Waals surface area contributed by atoms with Gasteiger partial charge in [-0.2, -0.15) is 13.2 Å². The van der Waals surface area contributed by atoms with Crippen molar-refractivity contribution in [2.45, 2.75) is 32.5 Å². The number of halogens is 3. The molecule has 0 radical (unpaired) electrons. The van der Waals surface area contributed by atoms with Gasteiger partial charge in [0.2, 0.25) is 0 Å². The number of Topliss-reactive ketones (excluding diaryl/α,β-unsaturated/α-hetero) is 1. The van der Waals surface area contributed by atoms with Gasteiger partial charge in [-0.25, -0.2) is 4.79 Å². The van der Waals surface area contributed by atoms with E-state index in [2.05, 4.69) is 9.53 Å². The maximum atomic E-state index is 12.6. The first kappa shape index (κ1) is 17.3. The minimum Gasteiger partial charge on any atom is -0.457 e. The minimum absolute atomic E-state index is 0.130. The average Bonchev–Trinajstić information content (AvgIpc) is 2.27. The average molecular weight is 283 g/mol. The van der Waals surface area contributed by atoms with Crippen LogP contribution in [0.5, 0.6) is 0 Å². The third-order valence-corrected chi connectivity index (χ3v) is 2.62. The predicted molar refractivity (Wildman–Crippen MR) is 55.5 cm³/mol. The number of hydrogen-bond donors (Lipinski definition) is 2. The lowest BCUT2D eigenvalue weighted by molar-refractivity contribution is -0.266. The largest absolute Gasteiger partial charge is 0.490 e. The number of carbonyl (C=O) groups excluding carboxylic acids is 2. The first-order chi connectivity index (χ1) is 8.50. The van der Waals surface area contributed by atoms with Gasteiger partial charge in [-0.15, -0.1) is 0 Å². The molecule has 2 N–H and O–H groups in total. The number of nitrogens with zero attached hydrogens (tertiary/aromatic N) is 1. The van der Waals surface area contributed by atoms with Gasteiger partial charge in [0.1, 0.15) is 0 Å². The Balaban J connectivity index is 5.32. The molecule has 0 fully saturated rings. The highest BCUT2D eigenvalue weighted by molar-refractivity contribution is 6.62. The summed E-state index contributed by atoms with van der Waals surface area (Å²) in [5.41, 5.74) is 2.23. The SMILES string of the molecule is CCOC(=O)C(=[N+]=N)C(=O)[C@H](C)[C@@](C)(O)C(F)(F)F. The van der Waals surface area contributed by atoms with E-state index in [1.165, 1.54) is 6.92 Å². The third-order valence-electron chi connectivity index (χ3n) is 2.62. The fourth-order valence-corrected chi connectivity index (χ4v) is 1.11. The fourth-order valence-electron chi connectivity index (χ4n) is 1.11. The number of carbonyl (C=O) groups is 2. The molecule has 0 aliphatic heterocycles. The van der Waals surface area contributed by atoms with Crippen LogP contribution in [0.15, 0.2) is 0 Å². The van der Waals surface area contributed by atoms with Crippen molar-refractivity contribution in [2.75, 3.05) is 6.61 Å². The van der Waals surface area contributed by atoms with Gasteiger partial charge in [-0.1, -0.05) is 6.92 Å². The van der Waals surface area contributed by atoms with E-state index in [1.807, 2.05) is 0 Å². The monoisotopic (exact) mass is 283 g/mol. The number of hydrogen-bond acceptors (Lipinski definition) is 5. The predicted octanol–water partition coefficient (Wildman–Crippen LogP) is 0.748. The normalized spacial score (nSPS) is 15.9. The number of alkyl halides is 3. The van der Waals surface area contributed by atoms with Gasteiger partial charge in [-0.3, -0.25) is 4.79 Å². The van der Waals surface area contributed by atoms with Gasteiger partial charge in [0.25, 0.3) is 5.78 Å². The molecule has 0 spiro atoms. The molecular weight excluding hydrogens is 269 g/mol. The Morgan fingerprint density at radius 3 is 2.21 bits per heavy atom. The Labute approximate surface area is 106 Å². The maximum Gasteiger partial charge on any atom is 0.490 e. The first-order valence-corrected chi connectivity index (χ1v) is 5.25. The molecule has 0 aliphatic rings. The van der Waals surface area contributed by atoms with Gasteiger partial charge in [0, 0.05) is 0 Å². The van der Waals surface area contributed by atoms with Crippen molar-refractivity contribution >= 4 is 17.5 Å². The molecule has 0 rings (SSSR count). The Hall–Kier alpha value is -1.73. The molecule has 0 bridgehead atoms. The lowest BCUT2D eigenvalue weighted by atomic mass is 9.85. The zero-order valence-electron chi connectivity index (χ0n) is 10.5. The van der Waals surface area contributed by atoms with E-state index < -0.39 is 35.2 Å². The van der Waals surface area contributed by atoms with E-state index >= 15 is 0 Å². The molecule has 0 saturated carbocycles. The Kier molecular flexibility index (Phi) is 5.40. The summed E-state index contributed by atoms with van der Waals surface area (Å²) in [5, 5.41) is 9.33. The summed E-state index contributed by atoms with van der Waals surface area (Å²) in [6.45, 7) is 2.48. The van der Waals surface area contributed by atoms with E-state index in [0.717, 1.165) is 6.92 Å². The van der Waals surface area contributed by atoms with Crippen LogP contribution in [-0.4, -0.2) is 45.7 Å². The zero-order chi connectivity index (χ0) is 15.4. The van der Waals surface area contributed by atoms with Gasteiger partial charge in [0.05, 0.1) is 22.8 Å². The summed E-state index contributed by atoms with van der Waals surface area (Å²) >= 11 is 0. The number of ether oxygens (including phenoxy) is 1.